The summed E-state index contributed by atoms with van der Waals surface area (Å²) in [6.45, 7) is 0. The molecule has 0 aromatic heterocycles. The fraction of sp³-hybridized carbons (Fsp3) is 0.278. The Morgan fingerprint density at radius 1 is 1.18 bits per heavy atom. The van der Waals surface area contributed by atoms with E-state index in [0.29, 0.717) is 5.56 Å². The van der Waals surface area contributed by atoms with Gasteiger partial charge in [-0.15, -0.1) is 0 Å². The van der Waals surface area contributed by atoms with Crippen molar-refractivity contribution in [2.24, 2.45) is 0 Å². The van der Waals surface area contributed by atoms with Crippen molar-refractivity contribution in [2.75, 3.05) is 7.11 Å². The van der Waals surface area contributed by atoms with Gasteiger partial charge in [0.1, 0.15) is 11.9 Å². The highest BCUT2D eigenvalue weighted by Crippen LogP contribution is 2.33. The standard InChI is InChI=1S/C18H17FO3/c1-22-17(20)9-11-2-7-15-13(8-11)4-3-12-5-6-14(19)10-16(12)18(15)21/h2,5-8,10,18,21H,3-4,9H2,1H3. The molecule has 0 bridgehead atoms. The lowest BCUT2D eigenvalue weighted by molar-refractivity contribution is -0.139. The first kappa shape index (κ1) is 14.7. The molecule has 0 heterocycles. The second-order valence-corrected chi connectivity index (χ2v) is 5.53. The number of carbonyl (C=O) groups is 1. The fourth-order valence-corrected chi connectivity index (χ4v) is 2.98. The van der Waals surface area contributed by atoms with Crippen molar-refractivity contribution in [3.8, 4) is 0 Å². The van der Waals surface area contributed by atoms with Crippen LogP contribution in [0.15, 0.2) is 36.4 Å². The highest BCUT2D eigenvalue weighted by molar-refractivity contribution is 5.72. The molecule has 0 spiro atoms. The minimum atomic E-state index is -0.838. The summed E-state index contributed by atoms with van der Waals surface area (Å²) in [5, 5.41) is 10.6. The van der Waals surface area contributed by atoms with Gasteiger partial charge in [0.25, 0.3) is 0 Å². The summed E-state index contributed by atoms with van der Waals surface area (Å²) in [5.41, 5.74) is 4.21. The smallest absolute Gasteiger partial charge is 0.309 e. The Morgan fingerprint density at radius 3 is 2.73 bits per heavy atom. The molecule has 22 heavy (non-hydrogen) atoms. The van der Waals surface area contributed by atoms with Gasteiger partial charge in [0, 0.05) is 0 Å². The predicted octanol–water partition coefficient (Wildman–Crippen LogP) is 2.72. The number of benzene rings is 2. The Bertz CT molecular complexity index is 724. The van der Waals surface area contributed by atoms with Crippen molar-refractivity contribution < 1.29 is 19.0 Å². The van der Waals surface area contributed by atoms with E-state index in [1.807, 2.05) is 18.2 Å². The van der Waals surface area contributed by atoms with Gasteiger partial charge in [-0.3, -0.25) is 4.79 Å². The topological polar surface area (TPSA) is 46.5 Å². The summed E-state index contributed by atoms with van der Waals surface area (Å²) in [6, 6.07) is 10.1. The van der Waals surface area contributed by atoms with E-state index in [1.165, 1.54) is 19.2 Å². The molecule has 0 fully saturated rings. The van der Waals surface area contributed by atoms with Crippen LogP contribution in [0.5, 0.6) is 0 Å². The van der Waals surface area contributed by atoms with Crippen LogP contribution in [0.4, 0.5) is 4.39 Å². The largest absolute Gasteiger partial charge is 0.469 e. The van der Waals surface area contributed by atoms with Gasteiger partial charge in [-0.2, -0.15) is 0 Å². The molecule has 114 valence electrons. The lowest BCUT2D eigenvalue weighted by Crippen LogP contribution is -2.07. The Balaban J connectivity index is 1.98. The number of aryl methyl sites for hydroxylation is 2. The van der Waals surface area contributed by atoms with Crippen LogP contribution in [0.3, 0.4) is 0 Å². The Morgan fingerprint density at radius 2 is 1.95 bits per heavy atom. The molecule has 3 nitrogen and oxygen atoms in total. The Kier molecular flexibility index (Phi) is 3.94. The molecule has 1 N–H and O–H groups in total. The number of hydrogen-bond acceptors (Lipinski definition) is 3. The van der Waals surface area contributed by atoms with E-state index in [2.05, 4.69) is 4.74 Å². The fourth-order valence-electron chi connectivity index (χ4n) is 2.98. The van der Waals surface area contributed by atoms with Gasteiger partial charge < -0.3 is 9.84 Å². The van der Waals surface area contributed by atoms with Crippen LogP contribution in [0, 0.1) is 5.82 Å². The maximum atomic E-state index is 13.5. The number of carbonyl (C=O) groups excluding carboxylic acids is 1. The van der Waals surface area contributed by atoms with Crippen LogP contribution in [0.2, 0.25) is 0 Å². The van der Waals surface area contributed by atoms with Gasteiger partial charge in [-0.05, 0) is 52.8 Å². The number of ether oxygens (including phenoxy) is 1. The minimum Gasteiger partial charge on any atom is -0.469 e. The number of rotatable bonds is 2. The third-order valence-corrected chi connectivity index (χ3v) is 4.14. The van der Waals surface area contributed by atoms with Crippen LogP contribution < -0.4 is 0 Å². The number of aliphatic hydroxyl groups is 1. The summed E-state index contributed by atoms with van der Waals surface area (Å²) in [5.74, 6) is -0.636. The number of methoxy groups -OCH3 is 1. The third kappa shape index (κ3) is 2.74. The third-order valence-electron chi connectivity index (χ3n) is 4.14. The first-order valence-electron chi connectivity index (χ1n) is 7.23. The molecular formula is C18H17FO3. The van der Waals surface area contributed by atoms with Crippen molar-refractivity contribution in [2.45, 2.75) is 25.4 Å². The van der Waals surface area contributed by atoms with Crippen molar-refractivity contribution in [1.29, 1.82) is 0 Å². The molecule has 0 saturated heterocycles. The zero-order chi connectivity index (χ0) is 15.7. The lowest BCUT2D eigenvalue weighted by Gasteiger charge is -2.15. The molecule has 0 saturated carbocycles. The highest BCUT2D eigenvalue weighted by atomic mass is 19.1. The minimum absolute atomic E-state index is 0.210. The molecule has 1 aliphatic rings. The van der Waals surface area contributed by atoms with Crippen LogP contribution in [0.25, 0.3) is 0 Å². The van der Waals surface area contributed by atoms with E-state index in [1.54, 1.807) is 6.07 Å². The molecular weight excluding hydrogens is 283 g/mol. The molecule has 0 aliphatic heterocycles. The van der Waals surface area contributed by atoms with Gasteiger partial charge >= 0.3 is 5.97 Å². The van der Waals surface area contributed by atoms with Crippen molar-refractivity contribution in [3.05, 3.63) is 70.0 Å². The summed E-state index contributed by atoms with van der Waals surface area (Å²) in [7, 11) is 1.36. The van der Waals surface area contributed by atoms with E-state index in [9.17, 15) is 14.3 Å². The summed E-state index contributed by atoms with van der Waals surface area (Å²) in [4.78, 5) is 11.4. The van der Waals surface area contributed by atoms with Crippen LogP contribution in [-0.2, 0) is 28.8 Å². The maximum Gasteiger partial charge on any atom is 0.309 e. The van der Waals surface area contributed by atoms with Crippen LogP contribution in [0.1, 0.15) is 33.9 Å². The Hall–Kier alpha value is -2.20. The molecule has 2 aromatic carbocycles. The summed E-state index contributed by atoms with van der Waals surface area (Å²) < 4.78 is 18.1. The van der Waals surface area contributed by atoms with Gasteiger partial charge in [0.2, 0.25) is 0 Å². The molecule has 3 rings (SSSR count). The van der Waals surface area contributed by atoms with E-state index in [4.69, 9.17) is 0 Å². The lowest BCUT2D eigenvalue weighted by atomic mass is 9.95. The average Bonchev–Trinajstić information content (AvgIpc) is 2.65. The number of hydrogen-bond donors (Lipinski definition) is 1. The second kappa shape index (κ2) is 5.89. The van der Waals surface area contributed by atoms with Crippen molar-refractivity contribution in [3.63, 3.8) is 0 Å². The zero-order valence-corrected chi connectivity index (χ0v) is 12.3. The van der Waals surface area contributed by atoms with Gasteiger partial charge in [0.05, 0.1) is 13.5 Å². The Labute approximate surface area is 128 Å². The van der Waals surface area contributed by atoms with Gasteiger partial charge in [0.15, 0.2) is 0 Å². The van der Waals surface area contributed by atoms with Crippen molar-refractivity contribution >= 4 is 5.97 Å². The number of esters is 1. The maximum absolute atomic E-state index is 13.5. The van der Waals surface area contributed by atoms with Crippen LogP contribution >= 0.6 is 0 Å². The van der Waals surface area contributed by atoms with Gasteiger partial charge in [-0.1, -0.05) is 24.3 Å². The van der Waals surface area contributed by atoms with Crippen LogP contribution in [-0.4, -0.2) is 18.2 Å². The number of halogens is 1. The summed E-state index contributed by atoms with van der Waals surface area (Å²) >= 11 is 0. The van der Waals surface area contributed by atoms with E-state index >= 15 is 0 Å². The SMILES string of the molecule is COC(=O)Cc1ccc2c(c1)CCc1ccc(F)cc1C2O. The molecule has 1 unspecified atom stereocenters. The monoisotopic (exact) mass is 300 g/mol. The first-order valence-corrected chi connectivity index (χ1v) is 7.23. The van der Waals surface area contributed by atoms with E-state index in [0.717, 1.165) is 35.1 Å². The molecule has 1 aliphatic carbocycles. The number of aliphatic hydroxyl groups excluding tert-OH is 1. The molecule has 0 radical (unpaired) electrons. The normalized spacial score (nSPS) is 16.4. The predicted molar refractivity (Wildman–Crippen MR) is 80.0 cm³/mol. The highest BCUT2D eigenvalue weighted by Gasteiger charge is 2.22. The first-order chi connectivity index (χ1) is 10.6. The summed E-state index contributed by atoms with van der Waals surface area (Å²) in [6.07, 6.45) is 0.860. The van der Waals surface area contributed by atoms with Gasteiger partial charge in [-0.25, -0.2) is 4.39 Å². The van der Waals surface area contributed by atoms with Crippen molar-refractivity contribution in [1.82, 2.24) is 0 Å². The molecule has 4 heteroatoms. The zero-order valence-electron chi connectivity index (χ0n) is 12.3. The molecule has 2 aromatic rings. The molecule has 1 atom stereocenters. The van der Waals surface area contributed by atoms with E-state index in [-0.39, 0.29) is 18.2 Å². The number of fused-ring (bicyclic) bond motifs is 2. The van der Waals surface area contributed by atoms with E-state index < -0.39 is 6.10 Å². The quantitative estimate of drug-likeness (QED) is 0.868. The molecule has 0 amide bonds. The second-order valence-electron chi connectivity index (χ2n) is 5.53. The average molecular weight is 300 g/mol.